The predicted molar refractivity (Wildman–Crippen MR) is 83.5 cm³/mol. The van der Waals surface area contributed by atoms with Crippen molar-refractivity contribution in [2.24, 2.45) is 5.41 Å². The largest absolute Gasteiger partial charge is 0.307 e. The summed E-state index contributed by atoms with van der Waals surface area (Å²) in [5, 5.41) is 16.1. The van der Waals surface area contributed by atoms with Crippen molar-refractivity contribution in [3.63, 3.8) is 0 Å². The lowest BCUT2D eigenvalue weighted by molar-refractivity contribution is -0.0297. The fraction of sp³-hybridized carbons (Fsp3) is 0.667. The lowest BCUT2D eigenvalue weighted by atomic mass is 9.77. The van der Waals surface area contributed by atoms with Crippen LogP contribution >= 0.6 is 0 Å². The first-order valence-electron chi connectivity index (χ1n) is 7.63. The molecule has 111 valence electrons. The maximum Gasteiger partial charge on any atom is 0.117 e. The first-order chi connectivity index (χ1) is 9.10. The molecule has 1 heterocycles. The molecule has 20 heavy (non-hydrogen) atoms. The highest BCUT2D eigenvalue weighted by Gasteiger charge is 2.35. The Bertz CT molecular complexity index is 479. The monoisotopic (exact) mass is 274 g/mol. The van der Waals surface area contributed by atoms with Gasteiger partial charge < -0.3 is 5.32 Å². The molecule has 0 fully saturated rings. The van der Waals surface area contributed by atoms with E-state index in [0.29, 0.717) is 0 Å². The van der Waals surface area contributed by atoms with E-state index < -0.39 is 6.10 Å². The highest BCUT2D eigenvalue weighted by Crippen LogP contribution is 2.35. The summed E-state index contributed by atoms with van der Waals surface area (Å²) in [5.41, 5.74) is 3.85. The van der Waals surface area contributed by atoms with Crippen LogP contribution in [0.3, 0.4) is 0 Å². The summed E-state index contributed by atoms with van der Waals surface area (Å²) in [6.45, 7) is 13.7. The molecule has 1 aromatic carbocycles. The van der Waals surface area contributed by atoms with Gasteiger partial charge >= 0.3 is 0 Å². The van der Waals surface area contributed by atoms with Crippen LogP contribution in [0.25, 0.3) is 0 Å². The summed E-state index contributed by atoms with van der Waals surface area (Å²) < 4.78 is 0. The number of hydrogen-bond acceptors (Lipinski definition) is 1. The molecule has 0 bridgehead atoms. The van der Waals surface area contributed by atoms with Gasteiger partial charge in [-0.25, -0.2) is 5.11 Å². The van der Waals surface area contributed by atoms with Gasteiger partial charge in [-0.3, -0.25) is 0 Å². The Morgan fingerprint density at radius 2 is 1.80 bits per heavy atom. The molecular formula is C18H28NO. The zero-order valence-electron chi connectivity index (χ0n) is 13.7. The SMILES string of the molecule is CC(C)(C)c1ccc2c(c1)CCNC2C([O])C(C)(C)C. The Kier molecular flexibility index (Phi) is 4.01. The lowest BCUT2D eigenvalue weighted by Crippen LogP contribution is -2.42. The summed E-state index contributed by atoms with van der Waals surface area (Å²) in [4.78, 5) is 0. The zero-order chi connectivity index (χ0) is 15.1. The molecule has 0 spiro atoms. The molecule has 2 nitrogen and oxygen atoms in total. The minimum atomic E-state index is -0.623. The van der Waals surface area contributed by atoms with E-state index in [1.54, 1.807) is 0 Å². The molecule has 2 unspecified atom stereocenters. The molecule has 1 aromatic rings. The van der Waals surface area contributed by atoms with E-state index in [-0.39, 0.29) is 16.9 Å². The summed E-state index contributed by atoms with van der Waals surface area (Å²) in [6, 6.07) is 6.60. The second-order valence-corrected chi connectivity index (χ2v) is 8.13. The molecule has 2 atom stereocenters. The maximum atomic E-state index is 12.7. The van der Waals surface area contributed by atoms with Crippen LogP contribution in [0, 0.1) is 5.41 Å². The fourth-order valence-electron chi connectivity index (χ4n) is 2.83. The van der Waals surface area contributed by atoms with Gasteiger partial charge in [0.15, 0.2) is 0 Å². The van der Waals surface area contributed by atoms with Crippen molar-refractivity contribution in [3.8, 4) is 0 Å². The Balaban J connectivity index is 2.38. The van der Waals surface area contributed by atoms with Crippen LogP contribution < -0.4 is 5.32 Å². The Labute approximate surface area is 123 Å². The van der Waals surface area contributed by atoms with E-state index in [2.05, 4.69) is 44.3 Å². The minimum absolute atomic E-state index is 0.0623. The second kappa shape index (κ2) is 5.16. The predicted octanol–water partition coefficient (Wildman–Crippen LogP) is 4.02. The van der Waals surface area contributed by atoms with Crippen LogP contribution in [0.5, 0.6) is 0 Å². The van der Waals surface area contributed by atoms with Crippen LogP contribution in [0.1, 0.15) is 64.3 Å². The number of fused-ring (bicyclic) bond motifs is 1. The van der Waals surface area contributed by atoms with Crippen LogP contribution in [0.15, 0.2) is 18.2 Å². The average molecular weight is 274 g/mol. The van der Waals surface area contributed by atoms with Crippen molar-refractivity contribution in [1.82, 2.24) is 5.32 Å². The summed E-state index contributed by atoms with van der Waals surface area (Å²) in [7, 11) is 0. The Morgan fingerprint density at radius 3 is 2.35 bits per heavy atom. The quantitative estimate of drug-likeness (QED) is 0.824. The number of nitrogens with one attached hydrogen (secondary N) is 1. The number of hydrogen-bond donors (Lipinski definition) is 1. The molecule has 0 aliphatic carbocycles. The third-order valence-electron chi connectivity index (χ3n) is 4.26. The summed E-state index contributed by atoms with van der Waals surface area (Å²) in [5.74, 6) is 0. The van der Waals surface area contributed by atoms with E-state index in [1.165, 1.54) is 16.7 Å². The van der Waals surface area contributed by atoms with E-state index in [1.807, 2.05) is 20.8 Å². The van der Waals surface area contributed by atoms with E-state index in [4.69, 9.17) is 0 Å². The van der Waals surface area contributed by atoms with Gasteiger partial charge in [-0.1, -0.05) is 59.7 Å². The molecule has 0 amide bonds. The average Bonchev–Trinajstić information content (AvgIpc) is 2.34. The summed E-state index contributed by atoms with van der Waals surface area (Å²) in [6.07, 6.45) is 0.397. The molecule has 2 heteroatoms. The van der Waals surface area contributed by atoms with Gasteiger partial charge in [-0.15, -0.1) is 0 Å². The smallest absolute Gasteiger partial charge is 0.117 e. The molecule has 1 radical (unpaired) electrons. The Morgan fingerprint density at radius 1 is 1.15 bits per heavy atom. The Hall–Kier alpha value is -0.860. The van der Waals surface area contributed by atoms with Gasteiger partial charge in [0, 0.05) is 0 Å². The second-order valence-electron chi connectivity index (χ2n) is 8.13. The van der Waals surface area contributed by atoms with Crippen LogP contribution in [-0.4, -0.2) is 12.6 Å². The molecule has 1 aliphatic heterocycles. The third kappa shape index (κ3) is 3.07. The highest BCUT2D eigenvalue weighted by atomic mass is 16.3. The number of benzene rings is 1. The van der Waals surface area contributed by atoms with Gasteiger partial charge in [-0.2, -0.15) is 0 Å². The van der Waals surface area contributed by atoms with E-state index in [0.717, 1.165) is 13.0 Å². The van der Waals surface area contributed by atoms with Crippen LogP contribution in [0.4, 0.5) is 0 Å². The minimum Gasteiger partial charge on any atom is -0.307 e. The van der Waals surface area contributed by atoms with E-state index in [9.17, 15) is 5.11 Å². The number of rotatable bonds is 1. The molecule has 2 rings (SSSR count). The standard InChI is InChI=1S/C18H28NO/c1-17(2,3)13-7-8-14-12(11-13)9-10-19-15(14)16(20)18(4,5)6/h7-8,11,15-16,19H,9-10H2,1-6H3. The van der Waals surface area contributed by atoms with Crippen molar-refractivity contribution in [2.45, 2.75) is 65.5 Å². The van der Waals surface area contributed by atoms with Crippen molar-refractivity contribution in [1.29, 1.82) is 0 Å². The van der Waals surface area contributed by atoms with E-state index >= 15 is 0 Å². The highest BCUT2D eigenvalue weighted by molar-refractivity contribution is 5.39. The van der Waals surface area contributed by atoms with Gasteiger partial charge in [0.25, 0.3) is 0 Å². The summed E-state index contributed by atoms with van der Waals surface area (Å²) >= 11 is 0. The molecule has 0 saturated carbocycles. The molecular weight excluding hydrogens is 246 g/mol. The maximum absolute atomic E-state index is 12.7. The van der Waals surface area contributed by atoms with Crippen molar-refractivity contribution < 1.29 is 5.11 Å². The van der Waals surface area contributed by atoms with Gasteiger partial charge in [0.05, 0.1) is 6.04 Å². The van der Waals surface area contributed by atoms with Gasteiger partial charge in [0.2, 0.25) is 0 Å². The van der Waals surface area contributed by atoms with Crippen LogP contribution in [0.2, 0.25) is 0 Å². The topological polar surface area (TPSA) is 31.9 Å². The van der Waals surface area contributed by atoms with Crippen molar-refractivity contribution in [2.75, 3.05) is 6.54 Å². The van der Waals surface area contributed by atoms with Crippen LogP contribution in [-0.2, 0) is 16.9 Å². The molecule has 1 N–H and O–H groups in total. The normalized spacial score (nSPS) is 21.4. The molecule has 0 aromatic heterocycles. The zero-order valence-corrected chi connectivity index (χ0v) is 13.7. The van der Waals surface area contributed by atoms with Gasteiger partial charge in [-0.05, 0) is 40.5 Å². The van der Waals surface area contributed by atoms with Crippen molar-refractivity contribution >= 4 is 0 Å². The first-order valence-corrected chi connectivity index (χ1v) is 7.63. The lowest BCUT2D eigenvalue weighted by Gasteiger charge is -2.36. The third-order valence-corrected chi connectivity index (χ3v) is 4.26. The van der Waals surface area contributed by atoms with Gasteiger partial charge in [0.1, 0.15) is 6.10 Å². The fourth-order valence-corrected chi connectivity index (χ4v) is 2.83. The first kappa shape index (κ1) is 15.5. The molecule has 0 saturated heterocycles. The van der Waals surface area contributed by atoms with Crippen molar-refractivity contribution in [3.05, 3.63) is 34.9 Å². The molecule has 1 aliphatic rings.